The van der Waals surface area contributed by atoms with Crippen molar-refractivity contribution in [1.82, 2.24) is 0 Å². The van der Waals surface area contributed by atoms with Crippen molar-refractivity contribution in [2.24, 2.45) is 0 Å². The number of ether oxygens (including phenoxy) is 1. The number of hydrogen-bond acceptors (Lipinski definition) is 6. The van der Waals surface area contributed by atoms with Crippen molar-refractivity contribution >= 4 is 23.3 Å². The molecule has 0 heterocycles. The minimum Gasteiger partial charge on any atom is -0.494 e. The molecule has 9 nitrogen and oxygen atoms in total. The summed E-state index contributed by atoms with van der Waals surface area (Å²) < 4.78 is 5.17. The molecule has 0 unspecified atom stereocenters. The molecule has 9 heteroatoms. The lowest BCUT2D eigenvalue weighted by Crippen LogP contribution is -2.34. The maximum atomic E-state index is 10.9. The molecule has 114 valence electrons. The van der Waals surface area contributed by atoms with Crippen molar-refractivity contribution in [3.8, 4) is 5.75 Å². The van der Waals surface area contributed by atoms with Gasteiger partial charge >= 0.3 is 11.9 Å². The first-order valence-electron chi connectivity index (χ1n) is 5.94. The van der Waals surface area contributed by atoms with Gasteiger partial charge in [0.05, 0.1) is 17.6 Å². The SMILES string of the molecule is CCOc1cc(N(CC(=O)O)CC(=O)O)cc([N+](=O)[O-])c1. The van der Waals surface area contributed by atoms with Gasteiger partial charge in [-0.2, -0.15) is 0 Å². The van der Waals surface area contributed by atoms with E-state index in [2.05, 4.69) is 0 Å². The number of nitro benzene ring substituents is 1. The van der Waals surface area contributed by atoms with Gasteiger partial charge in [0, 0.05) is 17.8 Å². The Kier molecular flexibility index (Phi) is 5.47. The van der Waals surface area contributed by atoms with E-state index in [0.29, 0.717) is 0 Å². The highest BCUT2D eigenvalue weighted by Gasteiger charge is 2.19. The average Bonchev–Trinajstić information content (AvgIpc) is 2.36. The molecule has 0 aliphatic rings. The molecule has 0 spiro atoms. The first-order chi connectivity index (χ1) is 9.83. The zero-order valence-electron chi connectivity index (χ0n) is 11.2. The molecule has 0 radical (unpaired) electrons. The van der Waals surface area contributed by atoms with E-state index in [9.17, 15) is 19.7 Å². The third-order valence-electron chi connectivity index (χ3n) is 2.42. The molecular formula is C12H14N2O7. The Morgan fingerprint density at radius 2 is 1.81 bits per heavy atom. The van der Waals surface area contributed by atoms with Crippen LogP contribution in [0.3, 0.4) is 0 Å². The molecule has 1 aromatic rings. The summed E-state index contributed by atoms with van der Waals surface area (Å²) in [5, 5.41) is 28.5. The van der Waals surface area contributed by atoms with Gasteiger partial charge in [0.25, 0.3) is 5.69 Å². The van der Waals surface area contributed by atoms with E-state index in [-0.39, 0.29) is 23.7 Å². The standard InChI is InChI=1S/C12H14N2O7/c1-2-21-10-4-8(3-9(5-10)14(19)20)13(6-11(15)16)7-12(17)18/h3-5H,2,6-7H2,1H3,(H,15,16)(H,17,18). The molecule has 0 atom stereocenters. The molecular weight excluding hydrogens is 284 g/mol. The van der Waals surface area contributed by atoms with Crippen LogP contribution in [0, 0.1) is 10.1 Å². The number of carbonyl (C=O) groups is 2. The zero-order valence-corrected chi connectivity index (χ0v) is 11.2. The zero-order chi connectivity index (χ0) is 16.0. The van der Waals surface area contributed by atoms with Crippen LogP contribution in [0.15, 0.2) is 18.2 Å². The number of carboxylic acids is 2. The van der Waals surface area contributed by atoms with Crippen molar-refractivity contribution in [3.05, 3.63) is 28.3 Å². The average molecular weight is 298 g/mol. The number of carboxylic acid groups (broad SMARTS) is 2. The summed E-state index contributed by atoms with van der Waals surface area (Å²) in [5.74, 6) is -2.33. The Morgan fingerprint density at radius 1 is 1.24 bits per heavy atom. The van der Waals surface area contributed by atoms with Gasteiger partial charge in [0.15, 0.2) is 0 Å². The number of benzene rings is 1. The smallest absolute Gasteiger partial charge is 0.323 e. The summed E-state index contributed by atoms with van der Waals surface area (Å²) in [6, 6.07) is 3.66. The number of aliphatic carboxylic acids is 2. The Bertz CT molecular complexity index is 543. The fraction of sp³-hybridized carbons (Fsp3) is 0.333. The van der Waals surface area contributed by atoms with E-state index in [4.69, 9.17) is 14.9 Å². The molecule has 0 aromatic heterocycles. The second-order valence-electron chi connectivity index (χ2n) is 4.02. The second kappa shape index (κ2) is 7.08. The summed E-state index contributed by atoms with van der Waals surface area (Å²) in [4.78, 5) is 32.8. The Hall–Kier alpha value is -2.84. The molecule has 21 heavy (non-hydrogen) atoms. The number of non-ortho nitro benzene ring substituents is 1. The quantitative estimate of drug-likeness (QED) is 0.536. The molecule has 0 amide bonds. The van der Waals surface area contributed by atoms with Crippen molar-refractivity contribution in [1.29, 1.82) is 0 Å². The second-order valence-corrected chi connectivity index (χ2v) is 4.02. The van der Waals surface area contributed by atoms with Crippen LogP contribution >= 0.6 is 0 Å². The fourth-order valence-corrected chi connectivity index (χ4v) is 1.67. The van der Waals surface area contributed by atoms with Crippen molar-refractivity contribution in [2.45, 2.75) is 6.92 Å². The van der Waals surface area contributed by atoms with Gasteiger partial charge in [-0.3, -0.25) is 19.7 Å². The van der Waals surface area contributed by atoms with Gasteiger partial charge in [0.1, 0.15) is 18.8 Å². The van der Waals surface area contributed by atoms with E-state index >= 15 is 0 Å². The fourth-order valence-electron chi connectivity index (χ4n) is 1.67. The number of anilines is 1. The summed E-state index contributed by atoms with van der Waals surface area (Å²) in [5.41, 5.74) is -0.214. The van der Waals surface area contributed by atoms with Crippen LogP contribution in [0.1, 0.15) is 6.92 Å². The van der Waals surface area contributed by atoms with Crippen molar-refractivity contribution < 1.29 is 29.5 Å². The Morgan fingerprint density at radius 3 is 2.24 bits per heavy atom. The van der Waals surface area contributed by atoms with E-state index in [1.54, 1.807) is 6.92 Å². The minimum absolute atomic E-state index is 0.0949. The van der Waals surface area contributed by atoms with Gasteiger partial charge in [-0.25, -0.2) is 0 Å². The number of nitro groups is 1. The molecule has 0 fully saturated rings. The van der Waals surface area contributed by atoms with Crippen LogP contribution in [-0.4, -0.2) is 46.8 Å². The maximum absolute atomic E-state index is 10.9. The number of nitrogens with zero attached hydrogens (tertiary/aromatic N) is 2. The maximum Gasteiger partial charge on any atom is 0.323 e. The third kappa shape index (κ3) is 4.97. The van der Waals surface area contributed by atoms with Crippen molar-refractivity contribution in [3.63, 3.8) is 0 Å². The first-order valence-corrected chi connectivity index (χ1v) is 5.94. The predicted molar refractivity (Wildman–Crippen MR) is 71.8 cm³/mol. The minimum atomic E-state index is -1.25. The molecule has 0 aliphatic carbocycles. The Balaban J connectivity index is 3.23. The van der Waals surface area contributed by atoms with Gasteiger partial charge < -0.3 is 19.8 Å². The first kappa shape index (κ1) is 16.2. The van der Waals surface area contributed by atoms with Crippen molar-refractivity contribution in [2.75, 3.05) is 24.6 Å². The van der Waals surface area contributed by atoms with E-state index in [1.807, 2.05) is 0 Å². The monoisotopic (exact) mass is 298 g/mol. The normalized spacial score (nSPS) is 9.95. The third-order valence-corrected chi connectivity index (χ3v) is 2.42. The highest BCUT2D eigenvalue weighted by molar-refractivity contribution is 5.80. The summed E-state index contributed by atoms with van der Waals surface area (Å²) in [6.45, 7) is 0.751. The molecule has 0 saturated carbocycles. The highest BCUT2D eigenvalue weighted by atomic mass is 16.6. The van der Waals surface area contributed by atoms with Gasteiger partial charge in [-0.1, -0.05) is 0 Å². The van der Waals surface area contributed by atoms with E-state index < -0.39 is 30.0 Å². The summed E-state index contributed by atoms with van der Waals surface area (Å²) >= 11 is 0. The van der Waals surface area contributed by atoms with Gasteiger partial charge in [-0.05, 0) is 6.92 Å². The van der Waals surface area contributed by atoms with Gasteiger partial charge in [-0.15, -0.1) is 0 Å². The largest absolute Gasteiger partial charge is 0.494 e. The topological polar surface area (TPSA) is 130 Å². The van der Waals surface area contributed by atoms with Crippen LogP contribution in [0.25, 0.3) is 0 Å². The molecule has 1 aromatic carbocycles. The van der Waals surface area contributed by atoms with Crippen LogP contribution in [-0.2, 0) is 9.59 Å². The van der Waals surface area contributed by atoms with E-state index in [0.717, 1.165) is 11.0 Å². The molecule has 0 aliphatic heterocycles. The predicted octanol–water partition coefficient (Wildman–Crippen LogP) is 0.969. The Labute approximate surface area is 119 Å². The van der Waals surface area contributed by atoms with Gasteiger partial charge in [0.2, 0.25) is 0 Å². The molecule has 1 rings (SSSR count). The molecule has 0 saturated heterocycles. The van der Waals surface area contributed by atoms with Crippen LogP contribution in [0.4, 0.5) is 11.4 Å². The lowest BCUT2D eigenvalue weighted by Gasteiger charge is -2.21. The van der Waals surface area contributed by atoms with Crippen LogP contribution < -0.4 is 9.64 Å². The number of rotatable bonds is 8. The summed E-state index contributed by atoms with van der Waals surface area (Å²) in [6.07, 6.45) is 0. The number of hydrogen-bond donors (Lipinski definition) is 2. The van der Waals surface area contributed by atoms with E-state index in [1.165, 1.54) is 12.1 Å². The van der Waals surface area contributed by atoms with Crippen LogP contribution in [0.2, 0.25) is 0 Å². The molecule has 0 bridgehead atoms. The lowest BCUT2D eigenvalue weighted by atomic mass is 10.2. The lowest BCUT2D eigenvalue weighted by molar-refractivity contribution is -0.384. The van der Waals surface area contributed by atoms with Crippen LogP contribution in [0.5, 0.6) is 5.75 Å². The highest BCUT2D eigenvalue weighted by Crippen LogP contribution is 2.28. The molecule has 2 N–H and O–H groups in total. The summed E-state index contributed by atoms with van der Waals surface area (Å²) in [7, 11) is 0.